The van der Waals surface area contributed by atoms with Crippen molar-refractivity contribution in [3.8, 4) is 6.01 Å². The number of aliphatic imine (C=N–C) groups is 1. The highest BCUT2D eigenvalue weighted by atomic mass is 32.2. The summed E-state index contributed by atoms with van der Waals surface area (Å²) in [5.41, 5.74) is 0.909. The third kappa shape index (κ3) is 3.60. The fraction of sp³-hybridized carbons (Fsp3) is 0.154. The first kappa shape index (κ1) is 15.0. The predicted molar refractivity (Wildman–Crippen MR) is 74.8 cm³/mol. The molecule has 0 saturated carbocycles. The lowest BCUT2D eigenvalue weighted by Crippen LogP contribution is -2.11. The van der Waals surface area contributed by atoms with Gasteiger partial charge in [0.15, 0.2) is 11.6 Å². The zero-order valence-electron chi connectivity index (χ0n) is 11.3. The van der Waals surface area contributed by atoms with Gasteiger partial charge in [-0.05, 0) is 26.0 Å². The Morgan fingerprint density at radius 3 is 2.57 bits per heavy atom. The number of nitrogens with zero attached hydrogens (tertiary/aromatic N) is 3. The molecule has 0 saturated heterocycles. The third-order valence-electron chi connectivity index (χ3n) is 2.45. The van der Waals surface area contributed by atoms with E-state index in [4.69, 9.17) is 4.18 Å². The molecule has 2 rings (SSSR count). The summed E-state index contributed by atoms with van der Waals surface area (Å²) in [6, 6.07) is 5.58. The monoisotopic (exact) mass is 309 g/mol. The van der Waals surface area contributed by atoms with Crippen LogP contribution < -0.4 is 4.18 Å². The zero-order chi connectivity index (χ0) is 15.5. The van der Waals surface area contributed by atoms with Crippen LogP contribution in [0.25, 0.3) is 0 Å². The van der Waals surface area contributed by atoms with Gasteiger partial charge < -0.3 is 4.18 Å². The van der Waals surface area contributed by atoms with E-state index >= 15 is 0 Å². The van der Waals surface area contributed by atoms with E-state index in [1.54, 1.807) is 19.1 Å². The fourth-order valence-corrected chi connectivity index (χ4v) is 2.29. The van der Waals surface area contributed by atoms with Crippen molar-refractivity contribution in [1.82, 2.24) is 9.97 Å². The van der Waals surface area contributed by atoms with Crippen molar-refractivity contribution in [2.75, 3.05) is 0 Å². The van der Waals surface area contributed by atoms with E-state index in [0.29, 0.717) is 0 Å². The minimum Gasteiger partial charge on any atom is -0.339 e. The lowest BCUT2D eigenvalue weighted by molar-refractivity contribution is 0.460. The number of aryl methyl sites for hydroxylation is 1. The molecule has 0 atom stereocenters. The molecule has 0 fully saturated rings. The highest BCUT2D eigenvalue weighted by molar-refractivity contribution is 7.87. The van der Waals surface area contributed by atoms with Gasteiger partial charge in [-0.3, -0.25) is 0 Å². The molecule has 0 aliphatic rings. The maximum absolute atomic E-state index is 13.3. The maximum atomic E-state index is 13.3. The molecule has 6 nitrogen and oxygen atoms in total. The van der Waals surface area contributed by atoms with Gasteiger partial charge in [0, 0.05) is 6.21 Å². The molecule has 110 valence electrons. The van der Waals surface area contributed by atoms with E-state index in [9.17, 15) is 12.8 Å². The Morgan fingerprint density at radius 2 is 1.95 bits per heavy atom. The molecule has 0 radical (unpaired) electrons. The Labute approximate surface area is 121 Å². The molecule has 0 aliphatic carbocycles. The minimum absolute atomic E-state index is 0.0402. The number of hydrogen-bond donors (Lipinski definition) is 0. The molecule has 1 heterocycles. The highest BCUT2D eigenvalue weighted by Gasteiger charge is 2.19. The van der Waals surface area contributed by atoms with Crippen LogP contribution in [0.15, 0.2) is 40.4 Å². The van der Waals surface area contributed by atoms with E-state index in [1.807, 2.05) is 6.92 Å². The van der Waals surface area contributed by atoms with Crippen LogP contribution in [0.4, 0.5) is 10.2 Å². The lowest BCUT2D eigenvalue weighted by atomic mass is 10.2. The van der Waals surface area contributed by atoms with Gasteiger partial charge in [0.2, 0.25) is 0 Å². The van der Waals surface area contributed by atoms with Crippen LogP contribution in [0.2, 0.25) is 0 Å². The van der Waals surface area contributed by atoms with E-state index in [1.165, 1.54) is 18.3 Å². The van der Waals surface area contributed by atoms with Gasteiger partial charge in [0.1, 0.15) is 4.90 Å². The summed E-state index contributed by atoms with van der Waals surface area (Å²) in [6.45, 7) is 3.40. The van der Waals surface area contributed by atoms with Crippen molar-refractivity contribution >= 4 is 22.2 Å². The second-order valence-electron chi connectivity index (χ2n) is 4.06. The molecule has 0 unspecified atom stereocenters. The molecule has 1 aromatic carbocycles. The van der Waals surface area contributed by atoms with Crippen LogP contribution in [0.5, 0.6) is 6.01 Å². The summed E-state index contributed by atoms with van der Waals surface area (Å²) in [6.07, 6.45) is 2.12. The van der Waals surface area contributed by atoms with Gasteiger partial charge in [-0.2, -0.15) is 18.4 Å². The van der Waals surface area contributed by atoms with Gasteiger partial charge in [0.05, 0.1) is 6.20 Å². The van der Waals surface area contributed by atoms with Crippen LogP contribution >= 0.6 is 0 Å². The van der Waals surface area contributed by atoms with Crippen molar-refractivity contribution in [2.24, 2.45) is 4.99 Å². The fourth-order valence-electron chi connectivity index (χ4n) is 1.45. The molecule has 8 heteroatoms. The molecule has 1 aromatic heterocycles. The molecule has 21 heavy (non-hydrogen) atoms. The second kappa shape index (κ2) is 5.96. The zero-order valence-corrected chi connectivity index (χ0v) is 12.1. The Balaban J connectivity index is 2.32. The largest absolute Gasteiger partial charge is 0.341 e. The summed E-state index contributed by atoms with van der Waals surface area (Å²) in [7, 11) is -4.07. The van der Waals surface area contributed by atoms with Crippen LogP contribution in [0.3, 0.4) is 0 Å². The van der Waals surface area contributed by atoms with E-state index in [-0.39, 0.29) is 10.7 Å². The Kier molecular flexibility index (Phi) is 4.27. The molecular weight excluding hydrogens is 297 g/mol. The molecule has 0 amide bonds. The summed E-state index contributed by atoms with van der Waals surface area (Å²) in [4.78, 5) is 10.7. The normalized spacial score (nSPS) is 11.8. The van der Waals surface area contributed by atoms with Crippen molar-refractivity contribution in [3.63, 3.8) is 0 Å². The van der Waals surface area contributed by atoms with E-state index in [0.717, 1.165) is 11.8 Å². The SMILES string of the molecule is C/C=N/c1nc(OS(=O)(=O)c2ccc(C)cc2)ncc1F. The van der Waals surface area contributed by atoms with Gasteiger partial charge in [-0.1, -0.05) is 17.7 Å². The standard InChI is InChI=1S/C13H12FN3O3S/c1-3-15-12-11(14)8-16-13(17-12)20-21(18,19)10-6-4-9(2)5-7-10/h3-8H,1-2H3/b15-3+. The van der Waals surface area contributed by atoms with Gasteiger partial charge in [-0.15, -0.1) is 0 Å². The predicted octanol–water partition coefficient (Wildman–Crippen LogP) is 2.41. The van der Waals surface area contributed by atoms with Crippen molar-refractivity contribution < 1.29 is 17.0 Å². The quantitative estimate of drug-likeness (QED) is 0.640. The summed E-state index contributed by atoms with van der Waals surface area (Å²) >= 11 is 0. The van der Waals surface area contributed by atoms with Crippen molar-refractivity contribution in [3.05, 3.63) is 41.8 Å². The number of rotatable bonds is 4. The molecule has 0 N–H and O–H groups in total. The smallest absolute Gasteiger partial charge is 0.339 e. The van der Waals surface area contributed by atoms with Crippen LogP contribution in [0.1, 0.15) is 12.5 Å². The average molecular weight is 309 g/mol. The molecule has 2 aromatic rings. The van der Waals surface area contributed by atoms with E-state index in [2.05, 4.69) is 15.0 Å². The summed E-state index contributed by atoms with van der Waals surface area (Å²) in [5.74, 6) is -1.06. The first-order valence-corrected chi connectivity index (χ1v) is 7.35. The molecule has 0 aliphatic heterocycles. The average Bonchev–Trinajstić information content (AvgIpc) is 2.43. The lowest BCUT2D eigenvalue weighted by Gasteiger charge is -2.06. The van der Waals surface area contributed by atoms with Crippen molar-refractivity contribution in [1.29, 1.82) is 0 Å². The second-order valence-corrected chi connectivity index (χ2v) is 5.61. The Morgan fingerprint density at radius 1 is 1.29 bits per heavy atom. The summed E-state index contributed by atoms with van der Waals surface area (Å²) < 4.78 is 42.2. The van der Waals surface area contributed by atoms with Crippen molar-refractivity contribution in [2.45, 2.75) is 18.7 Å². The first-order chi connectivity index (χ1) is 9.92. The maximum Gasteiger partial charge on any atom is 0.341 e. The number of halogens is 1. The molecule has 0 spiro atoms. The minimum atomic E-state index is -4.07. The van der Waals surface area contributed by atoms with Crippen LogP contribution in [0, 0.1) is 12.7 Å². The summed E-state index contributed by atoms with van der Waals surface area (Å²) in [5, 5.41) is 0. The third-order valence-corrected chi connectivity index (χ3v) is 3.67. The van der Waals surface area contributed by atoms with Gasteiger partial charge in [0.25, 0.3) is 0 Å². The number of aromatic nitrogens is 2. The number of hydrogen-bond acceptors (Lipinski definition) is 6. The first-order valence-electron chi connectivity index (χ1n) is 5.95. The highest BCUT2D eigenvalue weighted by Crippen LogP contribution is 2.19. The molecule has 0 bridgehead atoms. The van der Waals surface area contributed by atoms with E-state index < -0.39 is 21.9 Å². The topological polar surface area (TPSA) is 81.5 Å². The Hall–Kier alpha value is -2.35. The Bertz CT molecular complexity index is 774. The molecular formula is C13H12FN3O3S. The van der Waals surface area contributed by atoms with Crippen LogP contribution in [-0.4, -0.2) is 24.6 Å². The van der Waals surface area contributed by atoms with Crippen LogP contribution in [-0.2, 0) is 10.1 Å². The number of benzene rings is 1. The van der Waals surface area contributed by atoms with Gasteiger partial charge in [-0.25, -0.2) is 9.38 Å². The van der Waals surface area contributed by atoms with Gasteiger partial charge >= 0.3 is 16.1 Å².